The van der Waals surface area contributed by atoms with Gasteiger partial charge in [-0.25, -0.2) is 0 Å². The Morgan fingerprint density at radius 1 is 1.05 bits per heavy atom. The van der Waals surface area contributed by atoms with Crippen LogP contribution in [-0.4, -0.2) is 18.8 Å². The van der Waals surface area contributed by atoms with Gasteiger partial charge in [-0.3, -0.25) is 0 Å². The number of ether oxygens (including phenoxy) is 2. The van der Waals surface area contributed by atoms with Crippen molar-refractivity contribution in [3.05, 3.63) is 64.7 Å². The number of benzene rings is 2. The number of methoxy groups -OCH3 is 1. The number of hydrogen-bond acceptors (Lipinski definition) is 3. The van der Waals surface area contributed by atoms with E-state index in [4.69, 9.17) is 9.47 Å². The zero-order valence-corrected chi connectivity index (χ0v) is 12.8. The minimum atomic E-state index is -0.629. The van der Waals surface area contributed by atoms with Crippen LogP contribution in [0.15, 0.2) is 42.5 Å². The van der Waals surface area contributed by atoms with Gasteiger partial charge in [-0.1, -0.05) is 30.3 Å². The summed E-state index contributed by atoms with van der Waals surface area (Å²) < 4.78 is 10.8. The lowest BCUT2D eigenvalue weighted by Gasteiger charge is -2.14. The smallest absolute Gasteiger partial charge is 0.119 e. The average Bonchev–Trinajstić information content (AvgIpc) is 2.48. The Balaban J connectivity index is 1.98. The van der Waals surface area contributed by atoms with Gasteiger partial charge in [0, 0.05) is 7.11 Å². The van der Waals surface area contributed by atoms with E-state index in [9.17, 15) is 5.11 Å². The maximum absolute atomic E-state index is 10.2. The molecule has 0 aromatic heterocycles. The molecule has 0 fully saturated rings. The molecule has 1 N–H and O–H groups in total. The van der Waals surface area contributed by atoms with E-state index in [1.54, 1.807) is 7.11 Å². The molecule has 3 nitrogen and oxygen atoms in total. The Labute approximate surface area is 126 Å². The predicted molar refractivity (Wildman–Crippen MR) is 83.5 cm³/mol. The van der Waals surface area contributed by atoms with Crippen molar-refractivity contribution in [2.24, 2.45) is 0 Å². The van der Waals surface area contributed by atoms with Crippen LogP contribution in [0.3, 0.4) is 0 Å². The van der Waals surface area contributed by atoms with Crippen LogP contribution in [0.4, 0.5) is 0 Å². The van der Waals surface area contributed by atoms with Gasteiger partial charge in [-0.15, -0.1) is 0 Å². The molecule has 1 unspecified atom stereocenters. The Kier molecular flexibility index (Phi) is 5.37. The van der Waals surface area contributed by atoms with Gasteiger partial charge >= 0.3 is 0 Å². The van der Waals surface area contributed by atoms with Gasteiger partial charge in [0.1, 0.15) is 18.5 Å². The maximum Gasteiger partial charge on any atom is 0.119 e. The summed E-state index contributed by atoms with van der Waals surface area (Å²) in [5.41, 5.74) is 4.33. The van der Waals surface area contributed by atoms with E-state index >= 15 is 0 Å². The summed E-state index contributed by atoms with van der Waals surface area (Å²) in [6.45, 7) is 4.89. The van der Waals surface area contributed by atoms with Crippen LogP contribution < -0.4 is 4.74 Å². The molecule has 0 saturated carbocycles. The van der Waals surface area contributed by atoms with Crippen LogP contribution in [0, 0.1) is 13.8 Å². The van der Waals surface area contributed by atoms with Crippen LogP contribution >= 0.6 is 0 Å². The standard InChI is InChI=1S/C18H22O3/c1-13-7-8-16(9-14(13)2)18(19)12-21-17-6-4-5-15(10-17)11-20-3/h4-10,18-19H,11-12H2,1-3H3. The minimum Gasteiger partial charge on any atom is -0.491 e. The second kappa shape index (κ2) is 7.25. The van der Waals surface area contributed by atoms with Crippen molar-refractivity contribution in [1.29, 1.82) is 0 Å². The Morgan fingerprint density at radius 3 is 2.57 bits per heavy atom. The summed E-state index contributed by atoms with van der Waals surface area (Å²) >= 11 is 0. The molecule has 0 aliphatic rings. The number of hydrogen-bond donors (Lipinski definition) is 1. The molecular formula is C18H22O3. The molecule has 0 spiro atoms. The lowest BCUT2D eigenvalue weighted by Crippen LogP contribution is -2.10. The molecule has 0 amide bonds. The molecule has 1 atom stereocenters. The molecule has 0 heterocycles. The fourth-order valence-electron chi connectivity index (χ4n) is 2.13. The SMILES string of the molecule is COCc1cccc(OCC(O)c2ccc(C)c(C)c2)c1. The highest BCUT2D eigenvalue weighted by atomic mass is 16.5. The first kappa shape index (κ1) is 15.5. The van der Waals surface area contributed by atoms with Crippen molar-refractivity contribution >= 4 is 0 Å². The molecule has 2 aromatic carbocycles. The van der Waals surface area contributed by atoms with Gasteiger partial charge in [-0.05, 0) is 48.2 Å². The summed E-state index contributed by atoms with van der Waals surface area (Å²) in [7, 11) is 1.66. The molecule has 112 valence electrons. The number of rotatable bonds is 6. The fourth-order valence-corrected chi connectivity index (χ4v) is 2.13. The third-order valence-electron chi connectivity index (χ3n) is 3.53. The van der Waals surface area contributed by atoms with E-state index in [0.717, 1.165) is 16.9 Å². The molecule has 0 aliphatic carbocycles. The second-order valence-electron chi connectivity index (χ2n) is 5.25. The van der Waals surface area contributed by atoms with Crippen LogP contribution in [0.5, 0.6) is 5.75 Å². The first-order chi connectivity index (χ1) is 10.1. The molecule has 2 rings (SSSR count). The fraction of sp³-hybridized carbons (Fsp3) is 0.333. The number of aryl methyl sites for hydroxylation is 2. The zero-order valence-electron chi connectivity index (χ0n) is 12.8. The highest BCUT2D eigenvalue weighted by Crippen LogP contribution is 2.20. The Morgan fingerprint density at radius 2 is 1.86 bits per heavy atom. The highest BCUT2D eigenvalue weighted by Gasteiger charge is 2.09. The van der Waals surface area contributed by atoms with Gasteiger partial charge in [0.15, 0.2) is 0 Å². The van der Waals surface area contributed by atoms with Gasteiger partial charge in [-0.2, -0.15) is 0 Å². The molecule has 0 radical (unpaired) electrons. The summed E-state index contributed by atoms with van der Waals surface area (Å²) in [5, 5.41) is 10.2. The first-order valence-corrected chi connectivity index (χ1v) is 7.06. The zero-order chi connectivity index (χ0) is 15.2. The van der Waals surface area contributed by atoms with Gasteiger partial charge in [0.2, 0.25) is 0 Å². The van der Waals surface area contributed by atoms with E-state index < -0.39 is 6.10 Å². The summed E-state index contributed by atoms with van der Waals surface area (Å²) in [5.74, 6) is 0.743. The van der Waals surface area contributed by atoms with Crippen molar-refractivity contribution in [1.82, 2.24) is 0 Å². The normalized spacial score (nSPS) is 12.2. The van der Waals surface area contributed by atoms with Crippen LogP contribution in [-0.2, 0) is 11.3 Å². The monoisotopic (exact) mass is 286 g/mol. The van der Waals surface area contributed by atoms with Gasteiger partial charge in [0.05, 0.1) is 6.61 Å². The lowest BCUT2D eigenvalue weighted by atomic mass is 10.0. The van der Waals surface area contributed by atoms with Crippen LogP contribution in [0.2, 0.25) is 0 Å². The number of aliphatic hydroxyl groups is 1. The van der Waals surface area contributed by atoms with E-state index in [0.29, 0.717) is 6.61 Å². The van der Waals surface area contributed by atoms with E-state index in [1.165, 1.54) is 11.1 Å². The lowest BCUT2D eigenvalue weighted by molar-refractivity contribution is 0.108. The molecular weight excluding hydrogens is 264 g/mol. The van der Waals surface area contributed by atoms with Crippen molar-refractivity contribution < 1.29 is 14.6 Å². The molecule has 21 heavy (non-hydrogen) atoms. The van der Waals surface area contributed by atoms with Gasteiger partial charge in [0.25, 0.3) is 0 Å². The Hall–Kier alpha value is -1.84. The molecule has 0 saturated heterocycles. The third-order valence-corrected chi connectivity index (χ3v) is 3.53. The molecule has 0 aliphatic heterocycles. The summed E-state index contributed by atoms with van der Waals surface area (Å²) in [6, 6.07) is 13.7. The van der Waals surface area contributed by atoms with Crippen molar-refractivity contribution in [2.75, 3.05) is 13.7 Å². The quantitative estimate of drug-likeness (QED) is 0.882. The molecule has 3 heteroatoms. The third kappa shape index (κ3) is 4.31. The van der Waals surface area contributed by atoms with E-state index in [2.05, 4.69) is 6.92 Å². The van der Waals surface area contributed by atoms with Crippen molar-refractivity contribution in [2.45, 2.75) is 26.6 Å². The minimum absolute atomic E-state index is 0.235. The Bertz CT molecular complexity index is 593. The van der Waals surface area contributed by atoms with Crippen LogP contribution in [0.25, 0.3) is 0 Å². The summed E-state index contributed by atoms with van der Waals surface area (Å²) in [4.78, 5) is 0. The van der Waals surface area contributed by atoms with E-state index in [1.807, 2.05) is 49.4 Å². The highest BCUT2D eigenvalue weighted by molar-refractivity contribution is 5.32. The average molecular weight is 286 g/mol. The van der Waals surface area contributed by atoms with Crippen LogP contribution in [0.1, 0.15) is 28.4 Å². The first-order valence-electron chi connectivity index (χ1n) is 7.06. The van der Waals surface area contributed by atoms with Crippen molar-refractivity contribution in [3.8, 4) is 5.75 Å². The maximum atomic E-state index is 10.2. The van der Waals surface area contributed by atoms with E-state index in [-0.39, 0.29) is 6.61 Å². The van der Waals surface area contributed by atoms with Crippen molar-refractivity contribution in [3.63, 3.8) is 0 Å². The predicted octanol–water partition coefficient (Wildman–Crippen LogP) is 3.56. The molecule has 0 bridgehead atoms. The summed E-state index contributed by atoms with van der Waals surface area (Å²) in [6.07, 6.45) is -0.629. The topological polar surface area (TPSA) is 38.7 Å². The number of aliphatic hydroxyl groups excluding tert-OH is 1. The molecule has 2 aromatic rings. The van der Waals surface area contributed by atoms with Gasteiger partial charge < -0.3 is 14.6 Å². The second-order valence-corrected chi connectivity index (χ2v) is 5.25. The largest absolute Gasteiger partial charge is 0.491 e.